The fourth-order valence-electron chi connectivity index (χ4n) is 3.60. The number of nitrogens with one attached hydrogen (secondary N) is 1. The fraction of sp³-hybridized carbons (Fsp3) is 0.136. The zero-order valence-corrected chi connectivity index (χ0v) is 16.7. The smallest absolute Gasteiger partial charge is 0.270 e. The Labute approximate surface area is 172 Å². The molecule has 3 aromatic heterocycles. The number of hydrogen-bond donors (Lipinski definition) is 2. The molecule has 0 aliphatic carbocycles. The molecule has 5 aromatic rings. The van der Waals surface area contributed by atoms with Gasteiger partial charge in [0.15, 0.2) is 0 Å². The summed E-state index contributed by atoms with van der Waals surface area (Å²) in [7, 11) is 3.96. The van der Waals surface area contributed by atoms with Crippen LogP contribution < -0.4 is 5.73 Å². The van der Waals surface area contributed by atoms with Crippen molar-refractivity contribution in [2.75, 3.05) is 5.73 Å². The molecule has 0 amide bonds. The van der Waals surface area contributed by atoms with E-state index in [1.807, 2.05) is 42.2 Å². The molecule has 30 heavy (non-hydrogen) atoms. The van der Waals surface area contributed by atoms with E-state index in [2.05, 4.69) is 33.8 Å². The minimum Gasteiger partial charge on any atom is -0.399 e. The van der Waals surface area contributed by atoms with E-state index in [0.717, 1.165) is 28.7 Å². The third-order valence-electron chi connectivity index (χ3n) is 5.11. The van der Waals surface area contributed by atoms with Crippen molar-refractivity contribution in [3.63, 3.8) is 0 Å². The van der Waals surface area contributed by atoms with Gasteiger partial charge in [-0.15, -0.1) is 0 Å². The van der Waals surface area contributed by atoms with Crippen LogP contribution in [0.1, 0.15) is 11.3 Å². The van der Waals surface area contributed by atoms with E-state index < -0.39 is 0 Å². The molecule has 0 saturated carbocycles. The highest BCUT2D eigenvalue weighted by Crippen LogP contribution is 2.24. The number of nitrogen functional groups attached to an aromatic ring is 1. The van der Waals surface area contributed by atoms with Gasteiger partial charge >= 0.3 is 0 Å². The number of imidazole rings is 1. The lowest BCUT2D eigenvalue weighted by Gasteiger charge is -1.98. The number of aromatic amines is 1. The van der Waals surface area contributed by atoms with Gasteiger partial charge in [0.05, 0.1) is 11.3 Å². The zero-order chi connectivity index (χ0) is 21.3. The number of benzene rings is 2. The number of H-pyrrole nitrogens is 1. The van der Waals surface area contributed by atoms with Gasteiger partial charge in [0.2, 0.25) is 0 Å². The van der Waals surface area contributed by atoms with E-state index in [0.29, 0.717) is 0 Å². The Morgan fingerprint density at radius 1 is 1.10 bits per heavy atom. The number of aryl methyl sites for hydroxylation is 2. The first-order chi connectivity index (χ1) is 14.4. The highest BCUT2D eigenvalue weighted by molar-refractivity contribution is 5.87. The van der Waals surface area contributed by atoms with Crippen LogP contribution in [0.25, 0.3) is 21.8 Å². The monoisotopic (exact) mass is 402 g/mol. The lowest BCUT2D eigenvalue weighted by atomic mass is 10.1. The Bertz CT molecular complexity index is 1330. The second-order valence-corrected chi connectivity index (χ2v) is 7.22. The summed E-state index contributed by atoms with van der Waals surface area (Å²) >= 11 is 0. The summed E-state index contributed by atoms with van der Waals surface area (Å²) in [5.74, 6) is 0. The first-order valence-electron chi connectivity index (χ1n) is 9.42. The van der Waals surface area contributed by atoms with E-state index in [9.17, 15) is 10.1 Å². The predicted octanol–water partition coefficient (Wildman–Crippen LogP) is 4.16. The van der Waals surface area contributed by atoms with Gasteiger partial charge in [-0.25, -0.2) is 4.98 Å². The number of nitrogens with zero attached hydrogens (tertiary/aromatic N) is 4. The number of rotatable bonds is 3. The molecule has 3 heterocycles. The lowest BCUT2D eigenvalue weighted by Crippen LogP contribution is -1.88. The lowest BCUT2D eigenvalue weighted by molar-refractivity contribution is -0.384. The number of nitro benzene ring substituents is 1. The molecule has 8 heteroatoms. The van der Waals surface area contributed by atoms with Gasteiger partial charge in [0.1, 0.15) is 0 Å². The second-order valence-electron chi connectivity index (χ2n) is 7.22. The standard InChI is InChI=1S/C13H14N4.C9H8N2O2/c1-17-7-9(4-11-6-15-8-16-11)12-5-10(14)2-3-13(12)17;1-10-5-4-7-6-8(11(12)13)2-3-9(7)10/h2-3,5-8H,4,14H2,1H3,(H,15,16);2-6H,1H3. The van der Waals surface area contributed by atoms with Crippen LogP contribution in [0.5, 0.6) is 0 Å². The summed E-state index contributed by atoms with van der Waals surface area (Å²) in [4.78, 5) is 17.2. The number of hydrogen-bond acceptors (Lipinski definition) is 4. The van der Waals surface area contributed by atoms with E-state index >= 15 is 0 Å². The SMILES string of the molecule is Cn1cc(Cc2cnc[nH]2)c2cc(N)ccc21.Cn1ccc2cc([N+](=O)[O-])ccc21. The molecule has 3 N–H and O–H groups in total. The minimum atomic E-state index is -0.382. The van der Waals surface area contributed by atoms with Crippen molar-refractivity contribution >= 4 is 33.2 Å². The molecule has 152 valence electrons. The highest BCUT2D eigenvalue weighted by atomic mass is 16.6. The number of aromatic nitrogens is 4. The maximum absolute atomic E-state index is 10.5. The average Bonchev–Trinajstić information content (AvgIpc) is 3.44. The van der Waals surface area contributed by atoms with Crippen molar-refractivity contribution < 1.29 is 4.92 Å². The quantitative estimate of drug-likeness (QED) is 0.268. The molecule has 0 aliphatic heterocycles. The Balaban J connectivity index is 0.000000151. The number of fused-ring (bicyclic) bond motifs is 2. The zero-order valence-electron chi connectivity index (χ0n) is 16.7. The molecule has 0 bridgehead atoms. The molecule has 0 unspecified atom stereocenters. The first-order valence-corrected chi connectivity index (χ1v) is 9.42. The minimum absolute atomic E-state index is 0.138. The molecule has 5 rings (SSSR count). The summed E-state index contributed by atoms with van der Waals surface area (Å²) in [5.41, 5.74) is 11.4. The normalized spacial score (nSPS) is 10.9. The van der Waals surface area contributed by atoms with E-state index in [-0.39, 0.29) is 10.6 Å². The third kappa shape index (κ3) is 3.75. The van der Waals surface area contributed by atoms with Crippen LogP contribution >= 0.6 is 0 Å². The largest absolute Gasteiger partial charge is 0.399 e. The molecule has 0 spiro atoms. The summed E-state index contributed by atoms with van der Waals surface area (Å²) < 4.78 is 4.06. The highest BCUT2D eigenvalue weighted by Gasteiger charge is 2.08. The molecule has 0 fully saturated rings. The molecule has 8 nitrogen and oxygen atoms in total. The van der Waals surface area contributed by atoms with Crippen molar-refractivity contribution in [3.8, 4) is 0 Å². The first kappa shape index (κ1) is 19.3. The van der Waals surface area contributed by atoms with Gasteiger partial charge in [-0.05, 0) is 35.9 Å². The Morgan fingerprint density at radius 2 is 1.90 bits per heavy atom. The summed E-state index contributed by atoms with van der Waals surface area (Å²) in [5, 5.41) is 12.6. The van der Waals surface area contributed by atoms with E-state index in [1.54, 1.807) is 18.5 Å². The maximum Gasteiger partial charge on any atom is 0.270 e. The van der Waals surface area contributed by atoms with Crippen LogP contribution in [0.4, 0.5) is 11.4 Å². The molecule has 2 aromatic carbocycles. The summed E-state index contributed by atoms with van der Waals surface area (Å²) in [6.45, 7) is 0. The molecule has 0 saturated heterocycles. The van der Waals surface area contributed by atoms with Crippen LogP contribution in [0.2, 0.25) is 0 Å². The molecule has 0 aliphatic rings. The van der Waals surface area contributed by atoms with Crippen LogP contribution in [0.3, 0.4) is 0 Å². The van der Waals surface area contributed by atoms with E-state index in [4.69, 9.17) is 5.73 Å². The van der Waals surface area contributed by atoms with Gasteiger partial charge in [-0.3, -0.25) is 10.1 Å². The van der Waals surface area contributed by atoms with Gasteiger partial charge < -0.3 is 19.9 Å². The number of non-ortho nitro benzene ring substituents is 1. The van der Waals surface area contributed by atoms with Crippen LogP contribution in [0, 0.1) is 10.1 Å². The van der Waals surface area contributed by atoms with Crippen molar-refractivity contribution in [2.45, 2.75) is 6.42 Å². The molecule has 0 radical (unpaired) electrons. The van der Waals surface area contributed by atoms with Gasteiger partial charge in [-0.1, -0.05) is 0 Å². The van der Waals surface area contributed by atoms with Gasteiger partial charge in [-0.2, -0.15) is 0 Å². The fourth-order valence-corrected chi connectivity index (χ4v) is 3.60. The Hall–Kier alpha value is -4.07. The third-order valence-corrected chi connectivity index (χ3v) is 5.11. The van der Waals surface area contributed by atoms with Crippen molar-refractivity contribution in [3.05, 3.63) is 88.8 Å². The van der Waals surface area contributed by atoms with Crippen molar-refractivity contribution in [1.29, 1.82) is 0 Å². The maximum atomic E-state index is 10.5. The topological polar surface area (TPSA) is 108 Å². The number of nitrogens with two attached hydrogens (primary N) is 1. The average molecular weight is 402 g/mol. The summed E-state index contributed by atoms with van der Waals surface area (Å²) in [6, 6.07) is 12.7. The number of anilines is 1. The van der Waals surface area contributed by atoms with Crippen LogP contribution in [-0.2, 0) is 20.5 Å². The number of nitro groups is 1. The molecular formula is C22H22N6O2. The van der Waals surface area contributed by atoms with Crippen molar-refractivity contribution in [1.82, 2.24) is 19.1 Å². The summed E-state index contributed by atoms with van der Waals surface area (Å²) in [6.07, 6.45) is 8.43. The predicted molar refractivity (Wildman–Crippen MR) is 118 cm³/mol. The Kier molecular flexibility index (Phi) is 4.97. The Morgan fingerprint density at radius 3 is 2.63 bits per heavy atom. The van der Waals surface area contributed by atoms with Gasteiger partial charge in [0, 0.05) is 84.4 Å². The molecule has 0 atom stereocenters. The molecular weight excluding hydrogens is 380 g/mol. The van der Waals surface area contributed by atoms with E-state index in [1.165, 1.54) is 22.5 Å². The second kappa shape index (κ2) is 7.75. The van der Waals surface area contributed by atoms with Crippen molar-refractivity contribution in [2.24, 2.45) is 14.1 Å². The van der Waals surface area contributed by atoms with Crippen LogP contribution in [0.15, 0.2) is 67.4 Å². The van der Waals surface area contributed by atoms with Crippen LogP contribution in [-0.4, -0.2) is 24.0 Å². The van der Waals surface area contributed by atoms with Gasteiger partial charge in [0.25, 0.3) is 5.69 Å².